The Morgan fingerprint density at radius 3 is 2.48 bits per heavy atom. The molecule has 2 nitrogen and oxygen atoms in total. The Kier molecular flexibility index (Phi) is 4.57. The van der Waals surface area contributed by atoms with Crippen LogP contribution < -0.4 is 5.32 Å². The summed E-state index contributed by atoms with van der Waals surface area (Å²) in [6.07, 6.45) is 5.36. The Hall–Kier alpha value is -1.38. The van der Waals surface area contributed by atoms with E-state index in [0.717, 1.165) is 28.5 Å². The molecular weight excluding hydrogens is 280 g/mol. The summed E-state index contributed by atoms with van der Waals surface area (Å²) < 4.78 is 0. The SMILES string of the molecule is Cc1nc(-c2ccc(Cl)cc2)ccc1CNC1CCCC1. The lowest BCUT2D eigenvalue weighted by Gasteiger charge is -2.13. The van der Waals surface area contributed by atoms with Crippen molar-refractivity contribution in [3.63, 3.8) is 0 Å². The Morgan fingerprint density at radius 1 is 1.10 bits per heavy atom. The number of pyridine rings is 1. The van der Waals surface area contributed by atoms with Crippen LogP contribution >= 0.6 is 11.6 Å². The van der Waals surface area contributed by atoms with Gasteiger partial charge in [0.25, 0.3) is 0 Å². The van der Waals surface area contributed by atoms with E-state index < -0.39 is 0 Å². The number of nitrogens with zero attached hydrogens (tertiary/aromatic N) is 1. The van der Waals surface area contributed by atoms with Crippen molar-refractivity contribution in [1.29, 1.82) is 0 Å². The molecule has 0 unspecified atom stereocenters. The second-order valence-corrected chi connectivity index (χ2v) is 6.25. The molecule has 0 saturated heterocycles. The summed E-state index contributed by atoms with van der Waals surface area (Å²) in [6.45, 7) is 3.01. The van der Waals surface area contributed by atoms with Crippen molar-refractivity contribution in [3.05, 3.63) is 52.7 Å². The first-order chi connectivity index (χ1) is 10.2. The molecule has 1 aromatic heterocycles. The molecule has 0 amide bonds. The summed E-state index contributed by atoms with van der Waals surface area (Å²) in [5, 5.41) is 4.41. The Morgan fingerprint density at radius 2 is 1.81 bits per heavy atom. The maximum Gasteiger partial charge on any atom is 0.0705 e. The van der Waals surface area contributed by atoms with Gasteiger partial charge >= 0.3 is 0 Å². The normalized spacial score (nSPS) is 15.5. The van der Waals surface area contributed by atoms with Gasteiger partial charge < -0.3 is 5.32 Å². The van der Waals surface area contributed by atoms with Crippen LogP contribution in [0.4, 0.5) is 0 Å². The molecule has 1 aromatic carbocycles. The number of hydrogen-bond acceptors (Lipinski definition) is 2. The van der Waals surface area contributed by atoms with Gasteiger partial charge in [0.05, 0.1) is 5.69 Å². The molecule has 110 valence electrons. The van der Waals surface area contributed by atoms with Gasteiger partial charge in [-0.15, -0.1) is 0 Å². The van der Waals surface area contributed by atoms with Crippen molar-refractivity contribution in [1.82, 2.24) is 10.3 Å². The van der Waals surface area contributed by atoms with Gasteiger partial charge in [-0.25, -0.2) is 0 Å². The molecule has 1 saturated carbocycles. The molecule has 0 spiro atoms. The van der Waals surface area contributed by atoms with Gasteiger partial charge in [-0.1, -0.05) is 42.6 Å². The first kappa shape index (κ1) is 14.6. The predicted octanol–water partition coefficient (Wildman–Crippen LogP) is 4.74. The molecule has 0 aliphatic heterocycles. The lowest BCUT2D eigenvalue weighted by molar-refractivity contribution is 0.522. The average Bonchev–Trinajstić information content (AvgIpc) is 3.00. The summed E-state index contributed by atoms with van der Waals surface area (Å²) in [4.78, 5) is 4.74. The molecule has 0 radical (unpaired) electrons. The molecule has 1 aliphatic carbocycles. The highest BCUT2D eigenvalue weighted by atomic mass is 35.5. The van der Waals surface area contributed by atoms with Gasteiger partial charge in [-0.2, -0.15) is 0 Å². The molecule has 2 aromatic rings. The van der Waals surface area contributed by atoms with E-state index in [4.69, 9.17) is 16.6 Å². The van der Waals surface area contributed by atoms with Crippen LogP contribution in [0.5, 0.6) is 0 Å². The maximum absolute atomic E-state index is 5.93. The molecule has 3 rings (SSSR count). The van der Waals surface area contributed by atoms with Crippen LogP contribution in [-0.2, 0) is 6.54 Å². The summed E-state index contributed by atoms with van der Waals surface area (Å²) in [5.41, 5.74) is 4.51. The van der Waals surface area contributed by atoms with Gasteiger partial charge in [0.2, 0.25) is 0 Å². The number of hydrogen-bond donors (Lipinski definition) is 1. The van der Waals surface area contributed by atoms with E-state index in [2.05, 4.69) is 24.4 Å². The summed E-state index contributed by atoms with van der Waals surface area (Å²) in [7, 11) is 0. The standard InChI is InChI=1S/C18H21ClN2/c1-13-15(12-20-17-4-2-3-5-17)8-11-18(21-13)14-6-9-16(19)10-7-14/h6-11,17,20H,2-5,12H2,1H3. The first-order valence-electron chi connectivity index (χ1n) is 7.68. The van der Waals surface area contributed by atoms with Crippen molar-refractivity contribution in [2.75, 3.05) is 0 Å². The third-order valence-electron chi connectivity index (χ3n) is 4.27. The highest BCUT2D eigenvalue weighted by Gasteiger charge is 2.14. The number of aromatic nitrogens is 1. The lowest BCUT2D eigenvalue weighted by Crippen LogP contribution is -2.25. The summed E-state index contributed by atoms with van der Waals surface area (Å²) in [5.74, 6) is 0. The van der Waals surface area contributed by atoms with Gasteiger partial charge in [0.15, 0.2) is 0 Å². The minimum absolute atomic E-state index is 0.695. The van der Waals surface area contributed by atoms with E-state index in [9.17, 15) is 0 Å². The zero-order chi connectivity index (χ0) is 14.7. The average molecular weight is 301 g/mol. The number of halogens is 1. The number of rotatable bonds is 4. The van der Waals surface area contributed by atoms with Crippen molar-refractivity contribution in [2.45, 2.75) is 45.2 Å². The van der Waals surface area contributed by atoms with Crippen LogP contribution in [0, 0.1) is 6.92 Å². The zero-order valence-electron chi connectivity index (χ0n) is 12.4. The Bertz CT molecular complexity index is 601. The molecule has 21 heavy (non-hydrogen) atoms. The number of nitrogens with one attached hydrogen (secondary N) is 1. The molecule has 1 fully saturated rings. The third kappa shape index (κ3) is 3.63. The largest absolute Gasteiger partial charge is 0.310 e. The minimum Gasteiger partial charge on any atom is -0.310 e. The van der Waals surface area contributed by atoms with E-state index in [1.165, 1.54) is 31.2 Å². The maximum atomic E-state index is 5.93. The quantitative estimate of drug-likeness (QED) is 0.882. The number of benzene rings is 1. The van der Waals surface area contributed by atoms with Crippen molar-refractivity contribution < 1.29 is 0 Å². The smallest absolute Gasteiger partial charge is 0.0705 e. The minimum atomic E-state index is 0.695. The van der Waals surface area contributed by atoms with E-state index in [1.807, 2.05) is 24.3 Å². The van der Waals surface area contributed by atoms with Crippen LogP contribution in [0.1, 0.15) is 36.9 Å². The van der Waals surface area contributed by atoms with Crippen LogP contribution in [0.3, 0.4) is 0 Å². The van der Waals surface area contributed by atoms with Crippen LogP contribution in [0.25, 0.3) is 11.3 Å². The van der Waals surface area contributed by atoms with Crippen molar-refractivity contribution >= 4 is 11.6 Å². The van der Waals surface area contributed by atoms with Crippen LogP contribution in [0.2, 0.25) is 5.02 Å². The second kappa shape index (κ2) is 6.59. The van der Waals surface area contributed by atoms with Gasteiger partial charge in [0, 0.05) is 28.9 Å². The fraction of sp³-hybridized carbons (Fsp3) is 0.389. The first-order valence-corrected chi connectivity index (χ1v) is 8.06. The van der Waals surface area contributed by atoms with Crippen LogP contribution in [0.15, 0.2) is 36.4 Å². The van der Waals surface area contributed by atoms with Crippen molar-refractivity contribution in [2.24, 2.45) is 0 Å². The molecule has 1 aliphatic rings. The van der Waals surface area contributed by atoms with Crippen LogP contribution in [-0.4, -0.2) is 11.0 Å². The monoisotopic (exact) mass is 300 g/mol. The van der Waals surface area contributed by atoms with Crippen molar-refractivity contribution in [3.8, 4) is 11.3 Å². The molecule has 1 heterocycles. The molecule has 1 N–H and O–H groups in total. The van der Waals surface area contributed by atoms with E-state index >= 15 is 0 Å². The second-order valence-electron chi connectivity index (χ2n) is 5.81. The Labute approximate surface area is 131 Å². The highest BCUT2D eigenvalue weighted by Crippen LogP contribution is 2.22. The predicted molar refractivity (Wildman–Crippen MR) is 88.5 cm³/mol. The van der Waals surface area contributed by atoms with E-state index in [-0.39, 0.29) is 0 Å². The van der Waals surface area contributed by atoms with Gasteiger partial charge in [-0.05, 0) is 43.5 Å². The summed E-state index contributed by atoms with van der Waals surface area (Å²) in [6, 6.07) is 12.8. The fourth-order valence-corrected chi connectivity index (χ4v) is 3.07. The molecule has 0 bridgehead atoms. The van der Waals surface area contributed by atoms with Gasteiger partial charge in [-0.3, -0.25) is 4.98 Å². The summed E-state index contributed by atoms with van der Waals surface area (Å²) >= 11 is 5.93. The lowest BCUT2D eigenvalue weighted by atomic mass is 10.1. The zero-order valence-corrected chi connectivity index (χ0v) is 13.2. The molecule has 3 heteroatoms. The Balaban J connectivity index is 1.71. The number of aryl methyl sites for hydroxylation is 1. The van der Waals surface area contributed by atoms with E-state index in [1.54, 1.807) is 0 Å². The fourth-order valence-electron chi connectivity index (χ4n) is 2.94. The van der Waals surface area contributed by atoms with Gasteiger partial charge in [0.1, 0.15) is 0 Å². The highest BCUT2D eigenvalue weighted by molar-refractivity contribution is 6.30. The third-order valence-corrected chi connectivity index (χ3v) is 4.52. The van der Waals surface area contributed by atoms with E-state index in [0.29, 0.717) is 6.04 Å². The molecular formula is C18H21ClN2. The topological polar surface area (TPSA) is 24.9 Å². The molecule has 0 atom stereocenters.